The fraction of sp³-hybridized carbons (Fsp3) is 0.381. The third-order valence-corrected chi connectivity index (χ3v) is 6.02. The number of nitrogens with one attached hydrogen (secondary N) is 1. The zero-order valence-electron chi connectivity index (χ0n) is 16.5. The van der Waals surface area contributed by atoms with Gasteiger partial charge in [-0.2, -0.15) is 0 Å². The second-order valence-electron chi connectivity index (χ2n) is 7.10. The predicted molar refractivity (Wildman–Crippen MR) is 111 cm³/mol. The van der Waals surface area contributed by atoms with Crippen LogP contribution in [0.25, 0.3) is 0 Å². The van der Waals surface area contributed by atoms with Crippen LogP contribution in [0.4, 0.5) is 5.69 Å². The number of nitrogens with zero attached hydrogens (tertiary/aromatic N) is 2. The molecular weight excluding hydrogens is 422 g/mol. The molecule has 28 heavy (non-hydrogen) atoms. The third kappa shape index (κ3) is 4.04. The molecule has 148 valence electrons. The van der Waals surface area contributed by atoms with Crippen LogP contribution in [-0.4, -0.2) is 30.5 Å². The van der Waals surface area contributed by atoms with Crippen molar-refractivity contribution in [3.05, 3.63) is 51.3 Å². The maximum absolute atomic E-state index is 12.6. The summed E-state index contributed by atoms with van der Waals surface area (Å²) in [6.07, 6.45) is 1.95. The molecule has 0 spiro atoms. The number of anilines is 1. The van der Waals surface area contributed by atoms with Crippen LogP contribution in [0.15, 0.2) is 28.9 Å². The van der Waals surface area contributed by atoms with Crippen LogP contribution in [0, 0.1) is 26.7 Å². The largest absolute Gasteiger partial charge is 0.496 e. The molecule has 1 N–H and O–H groups in total. The molecule has 0 bridgehead atoms. The fourth-order valence-electron chi connectivity index (χ4n) is 3.49. The number of benzene rings is 1. The lowest BCUT2D eigenvalue weighted by atomic mass is 10.1. The van der Waals surface area contributed by atoms with Crippen molar-refractivity contribution in [3.63, 3.8) is 0 Å². The molecule has 2 amide bonds. The van der Waals surface area contributed by atoms with E-state index in [4.69, 9.17) is 4.74 Å². The first-order chi connectivity index (χ1) is 13.3. The van der Waals surface area contributed by atoms with Gasteiger partial charge in [0.1, 0.15) is 5.75 Å². The zero-order chi connectivity index (χ0) is 20.4. The van der Waals surface area contributed by atoms with Gasteiger partial charge in [-0.3, -0.25) is 14.6 Å². The number of aryl methyl sites for hydroxylation is 2. The van der Waals surface area contributed by atoms with Crippen LogP contribution in [-0.2, 0) is 16.1 Å². The van der Waals surface area contributed by atoms with Crippen LogP contribution >= 0.6 is 15.9 Å². The van der Waals surface area contributed by atoms with Crippen LogP contribution < -0.4 is 15.0 Å². The van der Waals surface area contributed by atoms with E-state index in [1.54, 1.807) is 18.2 Å². The molecule has 1 aromatic heterocycles. The number of carbonyl (C=O) groups excluding carboxylic acids is 2. The fourth-order valence-corrected chi connectivity index (χ4v) is 3.74. The number of hydrogen-bond donors (Lipinski definition) is 1. The Balaban J connectivity index is 1.66. The molecule has 1 aliphatic rings. The number of aromatic nitrogens is 1. The maximum atomic E-state index is 12.6. The SMILES string of the molecule is COc1c(C)cnc(CNC(=O)C2CC(=O)N(c3ccc(Br)c(C)c3)C2)c1C. The Morgan fingerprint density at radius 2 is 2.07 bits per heavy atom. The predicted octanol–water partition coefficient (Wildman–Crippen LogP) is 3.45. The van der Waals surface area contributed by atoms with E-state index in [1.165, 1.54) is 0 Å². The molecule has 0 radical (unpaired) electrons. The van der Waals surface area contributed by atoms with Gasteiger partial charge in [0, 0.05) is 40.4 Å². The molecule has 1 fully saturated rings. The van der Waals surface area contributed by atoms with Crippen LogP contribution in [0.5, 0.6) is 5.75 Å². The van der Waals surface area contributed by atoms with Gasteiger partial charge in [0.25, 0.3) is 0 Å². The van der Waals surface area contributed by atoms with Crippen molar-refractivity contribution in [1.82, 2.24) is 10.3 Å². The first-order valence-electron chi connectivity index (χ1n) is 9.15. The van der Waals surface area contributed by atoms with Crippen LogP contribution in [0.2, 0.25) is 0 Å². The summed E-state index contributed by atoms with van der Waals surface area (Å²) in [7, 11) is 1.63. The topological polar surface area (TPSA) is 71.5 Å². The quantitative estimate of drug-likeness (QED) is 0.764. The Kier molecular flexibility index (Phi) is 6.03. The first kappa shape index (κ1) is 20.3. The smallest absolute Gasteiger partial charge is 0.227 e. The number of amides is 2. The maximum Gasteiger partial charge on any atom is 0.227 e. The lowest BCUT2D eigenvalue weighted by Gasteiger charge is -2.18. The van der Waals surface area contributed by atoms with Gasteiger partial charge in [-0.25, -0.2) is 0 Å². The van der Waals surface area contributed by atoms with Crippen molar-refractivity contribution in [2.24, 2.45) is 5.92 Å². The summed E-state index contributed by atoms with van der Waals surface area (Å²) in [5.41, 5.74) is 4.50. The number of hydrogen-bond acceptors (Lipinski definition) is 4. The van der Waals surface area contributed by atoms with E-state index >= 15 is 0 Å². The molecule has 1 unspecified atom stereocenters. The zero-order valence-corrected chi connectivity index (χ0v) is 18.1. The van der Waals surface area contributed by atoms with Gasteiger partial charge in [-0.05, 0) is 44.5 Å². The molecule has 1 aliphatic heterocycles. The van der Waals surface area contributed by atoms with E-state index in [0.717, 1.165) is 38.3 Å². The summed E-state index contributed by atoms with van der Waals surface area (Å²) in [4.78, 5) is 31.2. The molecule has 7 heteroatoms. The van der Waals surface area contributed by atoms with Gasteiger partial charge >= 0.3 is 0 Å². The average molecular weight is 446 g/mol. The lowest BCUT2D eigenvalue weighted by molar-refractivity contribution is -0.126. The second kappa shape index (κ2) is 8.31. The molecule has 1 aromatic carbocycles. The molecule has 0 aliphatic carbocycles. The minimum atomic E-state index is -0.371. The van der Waals surface area contributed by atoms with Crippen molar-refractivity contribution >= 4 is 33.4 Å². The van der Waals surface area contributed by atoms with Crippen molar-refractivity contribution in [2.45, 2.75) is 33.7 Å². The minimum absolute atomic E-state index is 0.0341. The number of ether oxygens (including phenoxy) is 1. The molecular formula is C21H24BrN3O3. The molecule has 2 aromatic rings. The van der Waals surface area contributed by atoms with E-state index in [2.05, 4.69) is 26.2 Å². The van der Waals surface area contributed by atoms with Gasteiger partial charge in [-0.1, -0.05) is 15.9 Å². The van der Waals surface area contributed by atoms with Gasteiger partial charge in [0.2, 0.25) is 11.8 Å². The van der Waals surface area contributed by atoms with Crippen LogP contribution in [0.1, 0.15) is 28.8 Å². The average Bonchev–Trinajstić information content (AvgIpc) is 3.05. The second-order valence-corrected chi connectivity index (χ2v) is 7.96. The number of rotatable bonds is 5. The summed E-state index contributed by atoms with van der Waals surface area (Å²) >= 11 is 3.47. The van der Waals surface area contributed by atoms with Crippen molar-refractivity contribution in [1.29, 1.82) is 0 Å². The molecule has 1 saturated heterocycles. The molecule has 2 heterocycles. The van der Waals surface area contributed by atoms with Gasteiger partial charge in [-0.15, -0.1) is 0 Å². The van der Waals surface area contributed by atoms with Crippen LogP contribution in [0.3, 0.4) is 0 Å². The highest BCUT2D eigenvalue weighted by Gasteiger charge is 2.35. The Bertz CT molecular complexity index is 929. The van der Waals surface area contributed by atoms with Gasteiger partial charge < -0.3 is 15.0 Å². The summed E-state index contributed by atoms with van der Waals surface area (Å²) in [5, 5.41) is 2.92. The first-order valence-corrected chi connectivity index (χ1v) is 9.94. The standard InChI is InChI=1S/C21H24BrN3O3/c1-12-7-16(5-6-17(12)22)25-11-15(8-19(25)26)21(27)24-10-18-14(3)20(28-4)13(2)9-23-18/h5-7,9,15H,8,10-11H2,1-4H3,(H,24,27). The number of carbonyl (C=O) groups is 2. The highest BCUT2D eigenvalue weighted by molar-refractivity contribution is 9.10. The number of methoxy groups -OCH3 is 1. The lowest BCUT2D eigenvalue weighted by Crippen LogP contribution is -2.33. The van der Waals surface area contributed by atoms with Crippen molar-refractivity contribution in [3.8, 4) is 5.75 Å². The van der Waals surface area contributed by atoms with E-state index in [0.29, 0.717) is 13.1 Å². The summed E-state index contributed by atoms with van der Waals surface area (Å²) in [6, 6.07) is 5.76. The Morgan fingerprint density at radius 1 is 1.32 bits per heavy atom. The van der Waals surface area contributed by atoms with E-state index < -0.39 is 0 Å². The highest BCUT2D eigenvalue weighted by atomic mass is 79.9. The summed E-state index contributed by atoms with van der Waals surface area (Å²) in [6.45, 7) is 6.53. The van der Waals surface area contributed by atoms with E-state index in [9.17, 15) is 9.59 Å². The van der Waals surface area contributed by atoms with Crippen molar-refractivity contribution < 1.29 is 14.3 Å². The minimum Gasteiger partial charge on any atom is -0.496 e. The van der Waals surface area contributed by atoms with Gasteiger partial charge in [0.05, 0.1) is 25.3 Å². The summed E-state index contributed by atoms with van der Waals surface area (Å²) in [5.74, 6) is 0.245. The van der Waals surface area contributed by atoms with Gasteiger partial charge in [0.15, 0.2) is 0 Å². The number of halogens is 1. The molecule has 0 saturated carbocycles. The van der Waals surface area contributed by atoms with Crippen molar-refractivity contribution in [2.75, 3.05) is 18.6 Å². The molecule has 6 nitrogen and oxygen atoms in total. The van der Waals surface area contributed by atoms with E-state index in [1.807, 2.05) is 39.0 Å². The number of pyridine rings is 1. The molecule has 1 atom stereocenters. The Hall–Kier alpha value is -2.41. The third-order valence-electron chi connectivity index (χ3n) is 5.13. The Labute approximate surface area is 173 Å². The summed E-state index contributed by atoms with van der Waals surface area (Å²) < 4.78 is 6.40. The monoisotopic (exact) mass is 445 g/mol. The molecule has 3 rings (SSSR count). The van der Waals surface area contributed by atoms with E-state index in [-0.39, 0.29) is 24.2 Å². The highest BCUT2D eigenvalue weighted by Crippen LogP contribution is 2.29. The normalized spacial score (nSPS) is 16.4. The Morgan fingerprint density at radius 3 is 2.75 bits per heavy atom.